The molecule has 0 radical (unpaired) electrons. The fourth-order valence-electron chi connectivity index (χ4n) is 4.08. The Morgan fingerprint density at radius 1 is 1.14 bits per heavy atom. The van der Waals surface area contributed by atoms with Crippen molar-refractivity contribution in [3.05, 3.63) is 47.2 Å². The lowest BCUT2D eigenvalue weighted by atomic mass is 9.95. The van der Waals surface area contributed by atoms with E-state index in [9.17, 15) is 4.79 Å². The van der Waals surface area contributed by atoms with Crippen LogP contribution in [0, 0.1) is 13.8 Å². The van der Waals surface area contributed by atoms with Crippen LogP contribution < -0.4 is 4.90 Å². The van der Waals surface area contributed by atoms with Gasteiger partial charge in [-0.3, -0.25) is 9.78 Å². The monoisotopic (exact) mass is 395 g/mol. The number of piperidine rings is 1. The first-order valence-corrected chi connectivity index (χ1v) is 10.5. The van der Waals surface area contributed by atoms with E-state index in [1.807, 2.05) is 17.0 Å². The Hall–Kier alpha value is -2.54. The lowest BCUT2D eigenvalue weighted by molar-refractivity contribution is -0.131. The van der Waals surface area contributed by atoms with Gasteiger partial charge in [-0.05, 0) is 38.3 Å². The third-order valence-electron chi connectivity index (χ3n) is 5.98. The van der Waals surface area contributed by atoms with Gasteiger partial charge in [0.2, 0.25) is 5.91 Å². The maximum absolute atomic E-state index is 12.6. The molecule has 0 saturated carbocycles. The summed E-state index contributed by atoms with van der Waals surface area (Å²) < 4.78 is 5.49. The Bertz CT molecular complexity index is 844. The van der Waals surface area contributed by atoms with Crippen LogP contribution in [0.15, 0.2) is 24.5 Å². The number of ether oxygens (including phenoxy) is 1. The van der Waals surface area contributed by atoms with E-state index in [1.54, 1.807) is 12.4 Å². The smallest absolute Gasteiger partial charge is 0.227 e. The maximum Gasteiger partial charge on any atom is 0.227 e. The highest BCUT2D eigenvalue weighted by Crippen LogP contribution is 2.29. The number of pyridine rings is 1. The molecule has 154 valence electrons. The van der Waals surface area contributed by atoms with Crippen LogP contribution in [0.1, 0.15) is 41.4 Å². The Balaban J connectivity index is 1.41. The zero-order chi connectivity index (χ0) is 20.2. The highest BCUT2D eigenvalue weighted by molar-refractivity contribution is 5.78. The summed E-state index contributed by atoms with van der Waals surface area (Å²) in [6, 6.07) is 3.83. The molecule has 4 heterocycles. The zero-order valence-electron chi connectivity index (χ0n) is 17.3. The van der Waals surface area contributed by atoms with E-state index in [0.717, 1.165) is 80.7 Å². The quantitative estimate of drug-likeness (QED) is 0.791. The van der Waals surface area contributed by atoms with Gasteiger partial charge in [0, 0.05) is 55.7 Å². The molecule has 0 aromatic carbocycles. The van der Waals surface area contributed by atoms with Gasteiger partial charge in [0.25, 0.3) is 0 Å². The molecule has 0 aliphatic carbocycles. The topological polar surface area (TPSA) is 71.5 Å². The first-order valence-electron chi connectivity index (χ1n) is 10.5. The van der Waals surface area contributed by atoms with Crippen molar-refractivity contribution in [1.82, 2.24) is 19.9 Å². The lowest BCUT2D eigenvalue weighted by Crippen LogP contribution is -2.40. The summed E-state index contributed by atoms with van der Waals surface area (Å²) in [5.74, 6) is 2.45. The second-order valence-corrected chi connectivity index (χ2v) is 7.91. The van der Waals surface area contributed by atoms with Gasteiger partial charge in [-0.25, -0.2) is 9.97 Å². The number of carbonyl (C=O) groups is 1. The third kappa shape index (κ3) is 4.56. The molecule has 0 N–H and O–H groups in total. The Kier molecular flexibility index (Phi) is 6.04. The van der Waals surface area contributed by atoms with Crippen molar-refractivity contribution in [3.63, 3.8) is 0 Å². The van der Waals surface area contributed by atoms with Crippen molar-refractivity contribution >= 4 is 11.7 Å². The molecule has 0 atom stereocenters. The fourth-order valence-corrected chi connectivity index (χ4v) is 4.08. The standard InChI is InChI=1S/C22H29N5O2/c1-16-17(2)24-21(25-22(16)27-10-12-29-13-11-27)19-5-8-26(9-6-19)20(28)14-18-4-3-7-23-15-18/h3-4,7,15,19H,5-6,8-14H2,1-2H3. The molecule has 7 nitrogen and oxygen atoms in total. The Morgan fingerprint density at radius 3 is 2.59 bits per heavy atom. The second-order valence-electron chi connectivity index (χ2n) is 7.91. The minimum Gasteiger partial charge on any atom is -0.378 e. The van der Waals surface area contributed by atoms with E-state index < -0.39 is 0 Å². The number of anilines is 1. The molecule has 1 amide bonds. The molecular weight excluding hydrogens is 366 g/mol. The third-order valence-corrected chi connectivity index (χ3v) is 5.98. The van der Waals surface area contributed by atoms with Gasteiger partial charge in [-0.2, -0.15) is 0 Å². The van der Waals surface area contributed by atoms with Gasteiger partial charge in [-0.1, -0.05) is 6.07 Å². The summed E-state index contributed by atoms with van der Waals surface area (Å²) in [6.07, 6.45) is 5.72. The minimum absolute atomic E-state index is 0.173. The number of likely N-dealkylation sites (tertiary alicyclic amines) is 1. The van der Waals surface area contributed by atoms with Crippen molar-refractivity contribution < 1.29 is 9.53 Å². The molecule has 29 heavy (non-hydrogen) atoms. The highest BCUT2D eigenvalue weighted by atomic mass is 16.5. The average Bonchev–Trinajstić information content (AvgIpc) is 2.77. The van der Waals surface area contributed by atoms with Gasteiger partial charge >= 0.3 is 0 Å². The molecule has 2 aromatic heterocycles. The zero-order valence-corrected chi connectivity index (χ0v) is 17.3. The molecule has 2 aliphatic rings. The van der Waals surface area contributed by atoms with Gasteiger partial charge in [0.15, 0.2) is 0 Å². The van der Waals surface area contributed by atoms with E-state index in [1.165, 1.54) is 0 Å². The van der Waals surface area contributed by atoms with Crippen LogP contribution in [0.3, 0.4) is 0 Å². The highest BCUT2D eigenvalue weighted by Gasteiger charge is 2.27. The Morgan fingerprint density at radius 2 is 1.90 bits per heavy atom. The summed E-state index contributed by atoms with van der Waals surface area (Å²) in [7, 11) is 0. The summed E-state index contributed by atoms with van der Waals surface area (Å²) in [5.41, 5.74) is 3.17. The van der Waals surface area contributed by atoms with Crippen LogP contribution in [-0.2, 0) is 16.0 Å². The summed E-state index contributed by atoms with van der Waals surface area (Å²) in [5, 5.41) is 0. The molecule has 2 aromatic rings. The molecule has 0 unspecified atom stereocenters. The molecule has 2 saturated heterocycles. The van der Waals surface area contributed by atoms with E-state index in [2.05, 4.69) is 23.7 Å². The predicted molar refractivity (Wildman–Crippen MR) is 111 cm³/mol. The summed E-state index contributed by atoms with van der Waals surface area (Å²) in [6.45, 7) is 8.92. The fraction of sp³-hybridized carbons (Fsp3) is 0.545. The van der Waals surface area contributed by atoms with Crippen LogP contribution in [0.4, 0.5) is 5.82 Å². The number of hydrogen-bond acceptors (Lipinski definition) is 6. The molecule has 4 rings (SSSR count). The first-order chi connectivity index (χ1) is 14.1. The molecule has 7 heteroatoms. The van der Waals surface area contributed by atoms with E-state index in [4.69, 9.17) is 14.7 Å². The molecule has 2 aliphatic heterocycles. The molecule has 2 fully saturated rings. The van der Waals surface area contributed by atoms with Crippen molar-refractivity contribution in [1.29, 1.82) is 0 Å². The number of nitrogens with zero attached hydrogens (tertiary/aromatic N) is 5. The van der Waals surface area contributed by atoms with Crippen molar-refractivity contribution in [3.8, 4) is 0 Å². The van der Waals surface area contributed by atoms with Crippen molar-refractivity contribution in [2.75, 3.05) is 44.3 Å². The van der Waals surface area contributed by atoms with Crippen LogP contribution in [0.2, 0.25) is 0 Å². The van der Waals surface area contributed by atoms with Crippen molar-refractivity contribution in [2.24, 2.45) is 0 Å². The summed E-state index contributed by atoms with van der Waals surface area (Å²) in [4.78, 5) is 30.8. The van der Waals surface area contributed by atoms with Crippen molar-refractivity contribution in [2.45, 2.75) is 39.0 Å². The SMILES string of the molecule is Cc1nc(C2CCN(C(=O)Cc3cccnc3)CC2)nc(N2CCOCC2)c1C. The molecular formula is C22H29N5O2. The van der Waals surface area contributed by atoms with Crippen LogP contribution >= 0.6 is 0 Å². The van der Waals surface area contributed by atoms with E-state index in [0.29, 0.717) is 12.3 Å². The van der Waals surface area contributed by atoms with Gasteiger partial charge in [-0.15, -0.1) is 0 Å². The maximum atomic E-state index is 12.6. The molecule has 0 bridgehead atoms. The Labute approximate surface area is 172 Å². The van der Waals surface area contributed by atoms with Gasteiger partial charge in [0.1, 0.15) is 11.6 Å². The molecule has 0 spiro atoms. The van der Waals surface area contributed by atoms with Gasteiger partial charge < -0.3 is 14.5 Å². The van der Waals surface area contributed by atoms with Gasteiger partial charge in [0.05, 0.1) is 19.6 Å². The number of morpholine rings is 1. The summed E-state index contributed by atoms with van der Waals surface area (Å²) >= 11 is 0. The first kappa shape index (κ1) is 19.8. The average molecular weight is 396 g/mol. The number of aromatic nitrogens is 3. The minimum atomic E-state index is 0.173. The number of hydrogen-bond donors (Lipinski definition) is 0. The van der Waals surface area contributed by atoms with Crippen LogP contribution in [0.25, 0.3) is 0 Å². The largest absolute Gasteiger partial charge is 0.378 e. The number of amides is 1. The lowest BCUT2D eigenvalue weighted by Gasteiger charge is -2.33. The van der Waals surface area contributed by atoms with Crippen LogP contribution in [0.5, 0.6) is 0 Å². The van der Waals surface area contributed by atoms with Crippen LogP contribution in [-0.4, -0.2) is 65.2 Å². The van der Waals surface area contributed by atoms with E-state index >= 15 is 0 Å². The number of aryl methyl sites for hydroxylation is 1. The number of carbonyl (C=O) groups excluding carboxylic acids is 1. The normalized spacial score (nSPS) is 18.1. The number of rotatable bonds is 4. The predicted octanol–water partition coefficient (Wildman–Crippen LogP) is 2.27. The second kappa shape index (κ2) is 8.86. The van der Waals surface area contributed by atoms with E-state index in [-0.39, 0.29) is 5.91 Å².